The summed E-state index contributed by atoms with van der Waals surface area (Å²) in [6.07, 6.45) is -4.37. The maximum atomic E-state index is 13.2. The van der Waals surface area contributed by atoms with Crippen molar-refractivity contribution in [3.8, 4) is 11.3 Å². The van der Waals surface area contributed by atoms with E-state index in [1.54, 1.807) is 48.5 Å². The Balaban J connectivity index is 2.02. The average Bonchev–Trinajstić information content (AvgIpc) is 2.93. The van der Waals surface area contributed by atoms with Gasteiger partial charge in [0.25, 0.3) is 0 Å². The molecule has 0 bridgehead atoms. The summed E-state index contributed by atoms with van der Waals surface area (Å²) in [6.45, 7) is 0. The zero-order valence-corrected chi connectivity index (χ0v) is 12.7. The molecule has 0 atom stereocenters. The first kappa shape index (κ1) is 15.7. The molecule has 0 unspecified atom stereocenters. The Hall–Kier alpha value is -2.20. The molecule has 0 fully saturated rings. The average molecular weight is 337 g/mol. The molecular weight excluding hydrogens is 325 g/mol. The van der Waals surface area contributed by atoms with Crippen LogP contribution in [0.5, 0.6) is 0 Å². The number of alkyl halides is 3. The van der Waals surface area contributed by atoms with Gasteiger partial charge in [-0.15, -0.1) is 0 Å². The van der Waals surface area contributed by atoms with E-state index in [4.69, 9.17) is 16.0 Å². The van der Waals surface area contributed by atoms with Crippen LogP contribution in [0.25, 0.3) is 11.3 Å². The van der Waals surface area contributed by atoms with Crippen LogP contribution in [0.4, 0.5) is 13.2 Å². The van der Waals surface area contributed by atoms with Gasteiger partial charge in [-0.3, -0.25) is 0 Å². The number of benzene rings is 2. The first-order chi connectivity index (χ1) is 10.9. The van der Waals surface area contributed by atoms with Crippen LogP contribution >= 0.6 is 11.6 Å². The third-order valence-electron chi connectivity index (χ3n) is 3.43. The van der Waals surface area contributed by atoms with Crippen molar-refractivity contribution in [2.45, 2.75) is 12.6 Å². The van der Waals surface area contributed by atoms with Crippen molar-refractivity contribution in [3.63, 3.8) is 0 Å². The zero-order chi connectivity index (χ0) is 16.4. The molecule has 1 aromatic heterocycles. The Morgan fingerprint density at radius 3 is 2.17 bits per heavy atom. The summed E-state index contributed by atoms with van der Waals surface area (Å²) >= 11 is 5.80. The van der Waals surface area contributed by atoms with E-state index in [2.05, 4.69) is 0 Å². The third kappa shape index (κ3) is 3.59. The molecule has 0 amide bonds. The normalized spacial score (nSPS) is 11.7. The summed E-state index contributed by atoms with van der Waals surface area (Å²) in [6, 6.07) is 16.9. The number of halogens is 4. The van der Waals surface area contributed by atoms with Gasteiger partial charge in [0, 0.05) is 22.6 Å². The van der Waals surface area contributed by atoms with Crippen molar-refractivity contribution in [2.75, 3.05) is 0 Å². The van der Waals surface area contributed by atoms with Crippen molar-refractivity contribution in [2.24, 2.45) is 0 Å². The predicted molar refractivity (Wildman–Crippen MR) is 83.4 cm³/mol. The molecule has 23 heavy (non-hydrogen) atoms. The van der Waals surface area contributed by atoms with Gasteiger partial charge in [0.1, 0.15) is 5.76 Å². The molecule has 5 heteroatoms. The molecule has 1 heterocycles. The lowest BCUT2D eigenvalue weighted by atomic mass is 10.0. The Kier molecular flexibility index (Phi) is 4.18. The Morgan fingerprint density at radius 2 is 1.57 bits per heavy atom. The van der Waals surface area contributed by atoms with E-state index in [1.165, 1.54) is 6.07 Å². The van der Waals surface area contributed by atoms with Crippen LogP contribution in [-0.2, 0) is 12.6 Å². The second-order valence-corrected chi connectivity index (χ2v) is 5.57. The highest BCUT2D eigenvalue weighted by molar-refractivity contribution is 6.30. The van der Waals surface area contributed by atoms with E-state index in [0.29, 0.717) is 10.6 Å². The van der Waals surface area contributed by atoms with Crippen LogP contribution < -0.4 is 0 Å². The fourth-order valence-electron chi connectivity index (χ4n) is 2.37. The largest absolute Gasteiger partial charge is 0.451 e. The van der Waals surface area contributed by atoms with E-state index in [1.807, 2.05) is 6.07 Å². The van der Waals surface area contributed by atoms with Crippen LogP contribution in [0.15, 0.2) is 65.1 Å². The minimum absolute atomic E-state index is 0.119. The van der Waals surface area contributed by atoms with E-state index in [-0.39, 0.29) is 17.7 Å². The quantitative estimate of drug-likeness (QED) is 0.554. The Morgan fingerprint density at radius 1 is 0.913 bits per heavy atom. The molecule has 1 nitrogen and oxygen atoms in total. The second kappa shape index (κ2) is 6.13. The minimum Gasteiger partial charge on any atom is -0.451 e. The van der Waals surface area contributed by atoms with Crippen molar-refractivity contribution in [3.05, 3.63) is 82.6 Å². The number of rotatable bonds is 3. The molecule has 0 aliphatic rings. The molecule has 0 aliphatic heterocycles. The lowest BCUT2D eigenvalue weighted by Gasteiger charge is -2.06. The SMILES string of the molecule is FC(F)(F)c1oc(-c2ccc(Cl)cc2)cc1Cc1ccccc1. The highest BCUT2D eigenvalue weighted by Crippen LogP contribution is 2.38. The number of hydrogen-bond donors (Lipinski definition) is 0. The van der Waals surface area contributed by atoms with Crippen LogP contribution in [0, 0.1) is 0 Å². The second-order valence-electron chi connectivity index (χ2n) is 5.13. The van der Waals surface area contributed by atoms with Crippen molar-refractivity contribution in [1.29, 1.82) is 0 Å². The van der Waals surface area contributed by atoms with E-state index >= 15 is 0 Å². The molecule has 2 aromatic carbocycles. The fraction of sp³-hybridized carbons (Fsp3) is 0.111. The first-order valence-corrected chi connectivity index (χ1v) is 7.31. The van der Waals surface area contributed by atoms with Crippen LogP contribution in [0.2, 0.25) is 5.02 Å². The summed E-state index contributed by atoms with van der Waals surface area (Å²) in [5.74, 6) is -0.772. The smallest absolute Gasteiger partial charge is 0.449 e. The van der Waals surface area contributed by atoms with Crippen LogP contribution in [0.3, 0.4) is 0 Å². The van der Waals surface area contributed by atoms with E-state index < -0.39 is 11.9 Å². The van der Waals surface area contributed by atoms with Gasteiger partial charge in [-0.25, -0.2) is 0 Å². The molecular formula is C18H12ClF3O. The molecule has 0 aliphatic carbocycles. The lowest BCUT2D eigenvalue weighted by molar-refractivity contribution is -0.153. The van der Waals surface area contributed by atoms with Gasteiger partial charge in [0.15, 0.2) is 0 Å². The molecule has 0 spiro atoms. The van der Waals surface area contributed by atoms with E-state index in [9.17, 15) is 13.2 Å². The van der Waals surface area contributed by atoms with Crippen molar-refractivity contribution in [1.82, 2.24) is 0 Å². The van der Waals surface area contributed by atoms with Gasteiger partial charge in [-0.1, -0.05) is 41.9 Å². The maximum absolute atomic E-state index is 13.2. The van der Waals surface area contributed by atoms with Crippen LogP contribution in [-0.4, -0.2) is 0 Å². The Labute approximate surface area is 136 Å². The summed E-state index contributed by atoms with van der Waals surface area (Å²) < 4.78 is 44.8. The van der Waals surface area contributed by atoms with E-state index in [0.717, 1.165) is 5.56 Å². The molecule has 0 saturated carbocycles. The molecule has 0 N–H and O–H groups in total. The fourth-order valence-corrected chi connectivity index (χ4v) is 2.50. The van der Waals surface area contributed by atoms with Gasteiger partial charge < -0.3 is 4.42 Å². The van der Waals surface area contributed by atoms with Crippen molar-refractivity contribution >= 4 is 11.6 Å². The van der Waals surface area contributed by atoms with Gasteiger partial charge in [0.2, 0.25) is 5.76 Å². The first-order valence-electron chi connectivity index (χ1n) is 6.93. The lowest BCUT2D eigenvalue weighted by Crippen LogP contribution is -2.06. The van der Waals surface area contributed by atoms with Crippen molar-refractivity contribution < 1.29 is 17.6 Å². The molecule has 0 radical (unpaired) electrons. The summed E-state index contributed by atoms with van der Waals surface area (Å²) in [7, 11) is 0. The van der Waals surface area contributed by atoms with Gasteiger partial charge in [-0.2, -0.15) is 13.2 Å². The number of furan rings is 1. The van der Waals surface area contributed by atoms with Gasteiger partial charge in [0.05, 0.1) is 0 Å². The minimum atomic E-state index is -4.53. The molecule has 3 rings (SSSR count). The monoisotopic (exact) mass is 336 g/mol. The van der Waals surface area contributed by atoms with Gasteiger partial charge in [-0.05, 0) is 35.9 Å². The molecule has 0 saturated heterocycles. The highest BCUT2D eigenvalue weighted by Gasteiger charge is 2.38. The maximum Gasteiger partial charge on any atom is 0.449 e. The topological polar surface area (TPSA) is 13.1 Å². The summed E-state index contributed by atoms with van der Waals surface area (Å²) in [5, 5.41) is 0.515. The predicted octanol–water partition coefficient (Wildman–Crippen LogP) is 6.21. The number of hydrogen-bond acceptors (Lipinski definition) is 1. The summed E-state index contributed by atoms with van der Waals surface area (Å²) in [4.78, 5) is 0. The van der Waals surface area contributed by atoms with Crippen LogP contribution in [0.1, 0.15) is 16.9 Å². The highest BCUT2D eigenvalue weighted by atomic mass is 35.5. The zero-order valence-electron chi connectivity index (χ0n) is 11.9. The summed E-state index contributed by atoms with van der Waals surface area (Å²) in [5.41, 5.74) is 1.47. The standard InChI is InChI=1S/C18H12ClF3O/c19-15-8-6-13(7-9-15)16-11-14(17(23-16)18(20,21)22)10-12-4-2-1-3-5-12/h1-9,11H,10H2. The Bertz CT molecular complexity index is 789. The molecule has 3 aromatic rings. The third-order valence-corrected chi connectivity index (χ3v) is 3.68. The van der Waals surface area contributed by atoms with Gasteiger partial charge >= 0.3 is 6.18 Å². The molecule has 118 valence electrons.